The number of rotatable bonds is 3. The summed E-state index contributed by atoms with van der Waals surface area (Å²) in [7, 11) is 0. The summed E-state index contributed by atoms with van der Waals surface area (Å²) in [5.74, 6) is -1.93. The number of aromatic nitrogens is 1. The molecule has 19 heavy (non-hydrogen) atoms. The number of ether oxygens (including phenoxy) is 1. The van der Waals surface area contributed by atoms with Crippen molar-refractivity contribution in [2.75, 3.05) is 11.6 Å². The summed E-state index contributed by atoms with van der Waals surface area (Å²) in [6.45, 7) is 1.82. The number of nitrogens with zero attached hydrogens (tertiary/aromatic N) is 2. The van der Waals surface area contributed by atoms with Gasteiger partial charge in [0.1, 0.15) is 0 Å². The van der Waals surface area contributed by atoms with Crippen molar-refractivity contribution in [1.82, 2.24) is 10.4 Å². The van der Waals surface area contributed by atoms with Crippen molar-refractivity contribution in [3.63, 3.8) is 0 Å². The lowest BCUT2D eigenvalue weighted by Crippen LogP contribution is -2.44. The van der Waals surface area contributed by atoms with Gasteiger partial charge in [0.2, 0.25) is 5.91 Å². The van der Waals surface area contributed by atoms with Crippen molar-refractivity contribution in [3.8, 4) is 0 Å². The Morgan fingerprint density at radius 2 is 2.47 bits per heavy atom. The third-order valence-electron chi connectivity index (χ3n) is 2.51. The number of carbonyl (C=O) groups excluding carboxylic acids is 2. The predicted octanol–water partition coefficient (Wildman–Crippen LogP) is 1.05. The van der Waals surface area contributed by atoms with E-state index in [1.165, 1.54) is 6.20 Å². The lowest BCUT2D eigenvalue weighted by atomic mass is 10.2. The quantitative estimate of drug-likeness (QED) is 0.841. The van der Waals surface area contributed by atoms with Crippen LogP contribution in [0, 0.1) is 5.82 Å². The number of halogens is 2. The zero-order valence-electron chi connectivity index (χ0n) is 10.0. The smallest absolute Gasteiger partial charge is 0.331 e. The Morgan fingerprint density at radius 3 is 3.11 bits per heavy atom. The van der Waals surface area contributed by atoms with Gasteiger partial charge in [-0.1, -0.05) is 11.6 Å². The molecule has 2 rings (SSSR count). The van der Waals surface area contributed by atoms with E-state index in [1.54, 1.807) is 6.92 Å². The van der Waals surface area contributed by atoms with E-state index in [2.05, 4.69) is 10.4 Å². The third-order valence-corrected chi connectivity index (χ3v) is 2.72. The number of nitrogens with one attached hydrogen (secondary N) is 1. The molecule has 0 spiro atoms. The molecule has 8 heteroatoms. The number of carbonyl (C=O) groups is 2. The van der Waals surface area contributed by atoms with Gasteiger partial charge >= 0.3 is 5.97 Å². The maximum atomic E-state index is 13.8. The Labute approximate surface area is 113 Å². The van der Waals surface area contributed by atoms with Crippen molar-refractivity contribution in [2.45, 2.75) is 19.4 Å². The number of anilines is 1. The van der Waals surface area contributed by atoms with Crippen LogP contribution < -0.4 is 10.4 Å². The molecule has 6 nitrogen and oxygen atoms in total. The zero-order chi connectivity index (χ0) is 14.0. The molecule has 1 aliphatic heterocycles. The number of hydrazine groups is 1. The minimum atomic E-state index is -0.935. The first-order valence-corrected chi connectivity index (χ1v) is 5.97. The Hall–Kier alpha value is -1.89. The summed E-state index contributed by atoms with van der Waals surface area (Å²) >= 11 is 5.60. The number of pyridine rings is 1. The van der Waals surface area contributed by atoms with E-state index in [0.717, 1.165) is 11.1 Å². The van der Waals surface area contributed by atoms with Gasteiger partial charge in [-0.25, -0.2) is 14.2 Å². The highest BCUT2D eigenvalue weighted by molar-refractivity contribution is 6.30. The van der Waals surface area contributed by atoms with Crippen LogP contribution in [0.4, 0.5) is 10.2 Å². The van der Waals surface area contributed by atoms with Gasteiger partial charge in [-0.05, 0) is 13.0 Å². The van der Waals surface area contributed by atoms with Gasteiger partial charge in [-0.3, -0.25) is 15.2 Å². The molecular formula is C11H11ClFN3O3. The second-order valence-electron chi connectivity index (χ2n) is 3.84. The largest absolute Gasteiger partial charge is 0.464 e. The second kappa shape index (κ2) is 5.40. The number of amides is 1. The molecule has 1 amide bonds. The molecule has 1 unspecified atom stereocenters. The van der Waals surface area contributed by atoms with Crippen molar-refractivity contribution in [1.29, 1.82) is 0 Å². The highest BCUT2D eigenvalue weighted by Gasteiger charge is 2.39. The average molecular weight is 288 g/mol. The normalized spacial score (nSPS) is 18.4. The van der Waals surface area contributed by atoms with Gasteiger partial charge in [0.25, 0.3) is 0 Å². The summed E-state index contributed by atoms with van der Waals surface area (Å²) in [5, 5.41) is 1.19. The maximum Gasteiger partial charge on any atom is 0.331 e. The van der Waals surface area contributed by atoms with Crippen molar-refractivity contribution in [2.24, 2.45) is 0 Å². The molecule has 1 atom stereocenters. The second-order valence-corrected chi connectivity index (χ2v) is 4.27. The van der Waals surface area contributed by atoms with Gasteiger partial charge in [0, 0.05) is 6.20 Å². The van der Waals surface area contributed by atoms with Crippen LogP contribution in [0.25, 0.3) is 0 Å². The summed E-state index contributed by atoms with van der Waals surface area (Å²) in [6, 6.07) is 0.118. The fourth-order valence-corrected chi connectivity index (χ4v) is 1.88. The zero-order valence-corrected chi connectivity index (χ0v) is 10.8. The first-order valence-electron chi connectivity index (χ1n) is 5.59. The van der Waals surface area contributed by atoms with Crippen molar-refractivity contribution in [3.05, 3.63) is 23.1 Å². The molecule has 2 heterocycles. The summed E-state index contributed by atoms with van der Waals surface area (Å²) in [6.07, 6.45) is 1.12. The number of hydrogen-bond acceptors (Lipinski definition) is 5. The molecule has 1 aliphatic rings. The van der Waals surface area contributed by atoms with E-state index in [4.69, 9.17) is 16.3 Å². The van der Waals surface area contributed by atoms with Gasteiger partial charge < -0.3 is 4.74 Å². The predicted molar refractivity (Wildman–Crippen MR) is 64.9 cm³/mol. The van der Waals surface area contributed by atoms with E-state index < -0.39 is 23.7 Å². The molecule has 102 valence electrons. The molecule has 1 aromatic heterocycles. The Kier molecular flexibility index (Phi) is 3.84. The summed E-state index contributed by atoms with van der Waals surface area (Å²) in [4.78, 5) is 26.9. The van der Waals surface area contributed by atoms with Crippen LogP contribution in [0.3, 0.4) is 0 Å². The van der Waals surface area contributed by atoms with Crippen LogP contribution >= 0.6 is 11.6 Å². The molecule has 1 aromatic rings. The standard InChI is InChI=1S/C11H11ClFN3O3/c1-2-19-11(18)8-4-9(17)15-16(8)10-7(13)3-6(12)5-14-10/h3,5,8H,2,4H2,1H3,(H,15,17). The van der Waals surface area contributed by atoms with Crippen LogP contribution in [-0.2, 0) is 14.3 Å². The molecule has 0 aromatic carbocycles. The molecular weight excluding hydrogens is 277 g/mol. The first-order chi connectivity index (χ1) is 9.02. The van der Waals surface area contributed by atoms with Gasteiger partial charge in [-0.15, -0.1) is 0 Å². The lowest BCUT2D eigenvalue weighted by Gasteiger charge is -2.22. The fraction of sp³-hybridized carbons (Fsp3) is 0.364. The highest BCUT2D eigenvalue weighted by atomic mass is 35.5. The average Bonchev–Trinajstić information content (AvgIpc) is 2.71. The minimum Gasteiger partial charge on any atom is -0.464 e. The van der Waals surface area contributed by atoms with Crippen LogP contribution in [0.5, 0.6) is 0 Å². The van der Waals surface area contributed by atoms with E-state index >= 15 is 0 Å². The topological polar surface area (TPSA) is 71.5 Å². The van der Waals surface area contributed by atoms with Crippen LogP contribution in [0.2, 0.25) is 5.02 Å². The van der Waals surface area contributed by atoms with E-state index in [1.807, 2.05) is 0 Å². The van der Waals surface area contributed by atoms with Crippen LogP contribution in [-0.4, -0.2) is 29.5 Å². The van der Waals surface area contributed by atoms with Crippen molar-refractivity contribution >= 4 is 29.3 Å². The molecule has 1 N–H and O–H groups in total. The Balaban J connectivity index is 2.30. The number of hydrogen-bond donors (Lipinski definition) is 1. The minimum absolute atomic E-state index is 0.109. The van der Waals surface area contributed by atoms with E-state index in [0.29, 0.717) is 0 Å². The van der Waals surface area contributed by atoms with Crippen LogP contribution in [0.15, 0.2) is 12.3 Å². The first kappa shape index (κ1) is 13.5. The summed E-state index contributed by atoms with van der Waals surface area (Å²) < 4.78 is 18.6. The lowest BCUT2D eigenvalue weighted by molar-refractivity contribution is -0.144. The molecule has 1 fully saturated rings. The summed E-state index contributed by atoms with van der Waals surface area (Å²) in [5.41, 5.74) is 2.37. The molecule has 0 aliphatic carbocycles. The van der Waals surface area contributed by atoms with Gasteiger partial charge in [0.05, 0.1) is 18.1 Å². The molecule has 1 saturated heterocycles. The monoisotopic (exact) mass is 287 g/mol. The molecule has 0 bridgehead atoms. The van der Waals surface area contributed by atoms with E-state index in [-0.39, 0.29) is 23.9 Å². The van der Waals surface area contributed by atoms with Gasteiger partial charge in [0.15, 0.2) is 17.7 Å². The van der Waals surface area contributed by atoms with Crippen LogP contribution in [0.1, 0.15) is 13.3 Å². The Bertz CT molecular complexity index is 526. The molecule has 0 saturated carbocycles. The Morgan fingerprint density at radius 1 is 1.74 bits per heavy atom. The maximum absolute atomic E-state index is 13.8. The highest BCUT2D eigenvalue weighted by Crippen LogP contribution is 2.24. The fourth-order valence-electron chi connectivity index (χ4n) is 1.74. The molecule has 0 radical (unpaired) electrons. The van der Waals surface area contributed by atoms with E-state index in [9.17, 15) is 14.0 Å². The van der Waals surface area contributed by atoms with Gasteiger partial charge in [-0.2, -0.15) is 0 Å². The number of esters is 1. The SMILES string of the molecule is CCOC(=O)C1CC(=O)NN1c1ncc(Cl)cc1F. The van der Waals surface area contributed by atoms with Crippen molar-refractivity contribution < 1.29 is 18.7 Å². The third kappa shape index (κ3) is 2.76.